The minimum Gasteiger partial charge on any atom is -0.444 e. The third kappa shape index (κ3) is 11.5. The number of nitrogens with one attached hydrogen (secondary N) is 2. The zero-order valence-corrected chi connectivity index (χ0v) is 44.8. The van der Waals surface area contributed by atoms with E-state index in [2.05, 4.69) is 10.6 Å². The molecule has 12 fully saturated rings. The minimum atomic E-state index is -0.741. The first-order valence-electron chi connectivity index (χ1n) is 29.0. The van der Waals surface area contributed by atoms with Gasteiger partial charge < -0.3 is 39.4 Å². The molecule has 12 rings (SSSR count). The second kappa shape index (κ2) is 21.0. The Morgan fingerprint density at radius 1 is 0.458 bits per heavy atom. The quantitative estimate of drug-likeness (QED) is 0.105. The average Bonchev–Trinajstić information content (AvgIpc) is 3.88. The van der Waals surface area contributed by atoms with Gasteiger partial charge in [0.25, 0.3) is 0 Å². The first kappa shape index (κ1) is 52.7. The van der Waals surface area contributed by atoms with Gasteiger partial charge in [-0.25, -0.2) is 9.59 Å². The summed E-state index contributed by atoms with van der Waals surface area (Å²) in [4.78, 5) is 81.5. The van der Waals surface area contributed by atoms with Gasteiger partial charge in [0, 0.05) is 100 Å². The first-order valence-corrected chi connectivity index (χ1v) is 29.0. The van der Waals surface area contributed by atoms with Crippen LogP contribution >= 0.6 is 0 Å². The van der Waals surface area contributed by atoms with E-state index >= 15 is 0 Å². The second-order valence-electron chi connectivity index (χ2n) is 26.6. The second-order valence-corrected chi connectivity index (χ2v) is 26.6. The molecule has 0 aromatic carbocycles. The molecule has 2 aliphatic heterocycles. The van der Waals surface area contributed by atoms with E-state index in [1.807, 2.05) is 41.5 Å². The topological polar surface area (TPSA) is 173 Å². The Labute approximate surface area is 429 Å². The fraction of sp³-hybridized carbons (Fsp3) is 0.929. The van der Waals surface area contributed by atoms with Crippen LogP contribution in [0.3, 0.4) is 0 Å². The smallest absolute Gasteiger partial charge is 0.410 e. The molecule has 16 heteroatoms. The maximum Gasteiger partial charge on any atom is 0.410 e. The van der Waals surface area contributed by atoms with Crippen molar-refractivity contribution in [2.24, 2.45) is 59.2 Å². The van der Waals surface area contributed by atoms with E-state index < -0.39 is 34.4 Å². The highest BCUT2D eigenvalue weighted by Crippen LogP contribution is 2.65. The van der Waals surface area contributed by atoms with E-state index in [-0.39, 0.29) is 35.8 Å². The van der Waals surface area contributed by atoms with Gasteiger partial charge in [0.15, 0.2) is 0 Å². The van der Waals surface area contributed by atoms with Crippen molar-refractivity contribution in [2.45, 2.75) is 230 Å². The lowest BCUT2D eigenvalue weighted by molar-refractivity contribution is -0.390. The van der Waals surface area contributed by atoms with Crippen LogP contribution in [0, 0.1) is 59.2 Å². The predicted molar refractivity (Wildman–Crippen MR) is 265 cm³/mol. The molecule has 10 aliphatic carbocycles. The molecule has 0 aromatic rings. The molecule has 0 unspecified atom stereocenters. The van der Waals surface area contributed by atoms with Gasteiger partial charge in [-0.1, -0.05) is 12.8 Å². The molecular formula is C56H90N4O12. The van der Waals surface area contributed by atoms with Crippen molar-refractivity contribution in [1.82, 2.24) is 20.4 Å². The zero-order chi connectivity index (χ0) is 50.5. The van der Waals surface area contributed by atoms with E-state index in [4.69, 9.17) is 38.5 Å². The Morgan fingerprint density at radius 3 is 1.10 bits per heavy atom. The third-order valence-corrected chi connectivity index (χ3v) is 18.8. The third-order valence-electron chi connectivity index (χ3n) is 18.8. The molecule has 0 radical (unpaired) electrons. The summed E-state index contributed by atoms with van der Waals surface area (Å²) >= 11 is 0. The van der Waals surface area contributed by atoms with Gasteiger partial charge in [-0.3, -0.25) is 9.59 Å². The summed E-state index contributed by atoms with van der Waals surface area (Å²) in [6.45, 7) is 14.2. The number of nitrogens with zero attached hydrogens (tertiary/aromatic N) is 2. The Bertz CT molecular complexity index is 1740. The molecule has 16 nitrogen and oxygen atoms in total. The predicted octanol–water partition coefficient (Wildman–Crippen LogP) is 10.1. The minimum absolute atomic E-state index is 0.0467. The summed E-state index contributed by atoms with van der Waals surface area (Å²) in [7, 11) is 0. The molecule has 12 aliphatic rings. The van der Waals surface area contributed by atoms with Crippen LogP contribution < -0.4 is 10.6 Å². The molecule has 0 aromatic heterocycles. The first-order chi connectivity index (χ1) is 34.3. The average molecular weight is 1010 g/mol. The fourth-order valence-electron chi connectivity index (χ4n) is 15.7. The van der Waals surface area contributed by atoms with Crippen molar-refractivity contribution in [3.63, 3.8) is 0 Å². The molecule has 0 atom stereocenters. The number of hydrogen-bond donors (Lipinski definition) is 2. The van der Waals surface area contributed by atoms with Crippen LogP contribution in [0.4, 0.5) is 9.59 Å². The number of carbonyl (C=O) groups excluding carboxylic acids is 4. The Morgan fingerprint density at radius 2 is 0.778 bits per heavy atom. The summed E-state index contributed by atoms with van der Waals surface area (Å²) in [5, 5.41) is 6.30. The normalized spacial score (nSPS) is 39.3. The lowest BCUT2D eigenvalue weighted by Gasteiger charge is -2.57. The monoisotopic (exact) mass is 1010 g/mol. The van der Waals surface area contributed by atoms with E-state index in [0.717, 1.165) is 49.4 Å². The largest absolute Gasteiger partial charge is 0.444 e. The van der Waals surface area contributed by atoms with Crippen molar-refractivity contribution in [1.29, 1.82) is 0 Å². The molecular weight excluding hydrogens is 921 g/mol. The standard InChI is InChI=1S/C56H90N4O12/c1-51(2,3)65-49(63)59(25-11-21-57-47(61)41-13-17-53(18-14-41)67-55(71-69-53)43-29-37-27-38(31-43)32-44(55)30-37)23-9-7-8-10-24-60(50(64)66-52(4,5)6)26-12-22-58-48(62)42-15-19-54(20-16-42)68-56(72-70-54)45-33-39-28-40(35-45)36-46(56)34-39/h37-46H,7-36H2,1-6H3,(H,57,61)(H,58,62). The highest BCUT2D eigenvalue weighted by Gasteiger charge is 2.68. The Balaban J connectivity index is 0.613. The Kier molecular flexibility index (Phi) is 15.4. The molecule has 2 N–H and O–H groups in total. The summed E-state index contributed by atoms with van der Waals surface area (Å²) in [6, 6.07) is 0. The van der Waals surface area contributed by atoms with Crippen molar-refractivity contribution in [2.75, 3.05) is 39.3 Å². The van der Waals surface area contributed by atoms with E-state index in [1.54, 1.807) is 9.80 Å². The van der Waals surface area contributed by atoms with Gasteiger partial charge in [0.1, 0.15) is 11.2 Å². The number of carbonyl (C=O) groups is 4. The number of ether oxygens (including phenoxy) is 4. The molecule has 10 saturated carbocycles. The summed E-state index contributed by atoms with van der Waals surface area (Å²) in [6.07, 6.45) is 21.4. The lowest BCUT2D eigenvalue weighted by Crippen LogP contribution is -2.59. The number of hydrogen-bond acceptors (Lipinski definition) is 12. The summed E-state index contributed by atoms with van der Waals surface area (Å²) in [5.74, 6) is 2.13. The summed E-state index contributed by atoms with van der Waals surface area (Å²) in [5.41, 5.74) is -1.26. The van der Waals surface area contributed by atoms with Crippen LogP contribution in [-0.2, 0) is 48.1 Å². The maximum absolute atomic E-state index is 13.4. The van der Waals surface area contributed by atoms with Crippen LogP contribution in [0.2, 0.25) is 0 Å². The molecule has 4 spiro atoms. The van der Waals surface area contributed by atoms with Gasteiger partial charge in [-0.05, 0) is 181 Å². The molecule has 2 saturated heterocycles. The van der Waals surface area contributed by atoms with Crippen molar-refractivity contribution < 1.29 is 57.7 Å². The summed E-state index contributed by atoms with van der Waals surface area (Å²) < 4.78 is 25.3. The SMILES string of the molecule is CC(C)(C)OC(=O)N(CCCCCCN(CCCNC(=O)C1CCC2(CC1)OOC1(O2)C2CC3CC(C2)CC1C3)C(=O)OC(C)(C)C)CCCNC(=O)C1CCC2(CC1)OOC1(O2)C2CC3CC(C2)CC1C3. The van der Waals surface area contributed by atoms with Gasteiger partial charge in [0.05, 0.1) is 0 Å². The zero-order valence-electron chi connectivity index (χ0n) is 44.8. The van der Waals surface area contributed by atoms with E-state index in [9.17, 15) is 19.2 Å². The number of rotatable bonds is 17. The van der Waals surface area contributed by atoms with E-state index in [0.29, 0.717) is 127 Å². The fourth-order valence-corrected chi connectivity index (χ4v) is 15.7. The van der Waals surface area contributed by atoms with Crippen molar-refractivity contribution in [3.8, 4) is 0 Å². The van der Waals surface area contributed by atoms with Crippen LogP contribution in [0.5, 0.6) is 0 Å². The molecule has 2 heterocycles. The van der Waals surface area contributed by atoms with Gasteiger partial charge in [-0.2, -0.15) is 19.6 Å². The molecule has 4 amide bonds. The van der Waals surface area contributed by atoms with Crippen LogP contribution in [-0.4, -0.2) is 107 Å². The van der Waals surface area contributed by atoms with Crippen molar-refractivity contribution in [3.05, 3.63) is 0 Å². The van der Waals surface area contributed by atoms with Crippen LogP contribution in [0.25, 0.3) is 0 Å². The van der Waals surface area contributed by atoms with Gasteiger partial charge in [-0.15, -0.1) is 0 Å². The van der Waals surface area contributed by atoms with Gasteiger partial charge in [0.2, 0.25) is 35.0 Å². The van der Waals surface area contributed by atoms with Crippen LogP contribution in [0.15, 0.2) is 0 Å². The number of unbranched alkanes of at least 4 members (excludes halogenated alkanes) is 3. The van der Waals surface area contributed by atoms with Crippen LogP contribution in [0.1, 0.15) is 196 Å². The maximum atomic E-state index is 13.4. The van der Waals surface area contributed by atoms with E-state index in [1.165, 1.54) is 64.2 Å². The van der Waals surface area contributed by atoms with Crippen molar-refractivity contribution >= 4 is 24.0 Å². The Hall–Kier alpha value is -2.76. The number of amides is 4. The molecule has 8 bridgehead atoms. The molecule has 72 heavy (non-hydrogen) atoms. The lowest BCUT2D eigenvalue weighted by atomic mass is 9.53. The molecule has 406 valence electrons. The highest BCUT2D eigenvalue weighted by molar-refractivity contribution is 5.79. The highest BCUT2D eigenvalue weighted by atomic mass is 17.3. The van der Waals surface area contributed by atoms with Gasteiger partial charge >= 0.3 is 12.2 Å².